The second kappa shape index (κ2) is 9.35. The number of hydrogen-bond donors (Lipinski definition) is 2. The number of ether oxygens (including phenoxy) is 1. The van der Waals surface area contributed by atoms with Gasteiger partial charge in [0.15, 0.2) is 5.78 Å². The van der Waals surface area contributed by atoms with Crippen molar-refractivity contribution in [1.29, 1.82) is 0 Å². The van der Waals surface area contributed by atoms with Gasteiger partial charge >= 0.3 is 0 Å². The van der Waals surface area contributed by atoms with Crippen molar-refractivity contribution < 1.29 is 14.3 Å². The first kappa shape index (κ1) is 21.9. The molecule has 5 nitrogen and oxygen atoms in total. The van der Waals surface area contributed by atoms with Crippen LogP contribution in [0.3, 0.4) is 0 Å². The number of carbonyl (C=O) groups is 2. The summed E-state index contributed by atoms with van der Waals surface area (Å²) in [7, 11) is 1.63. The van der Waals surface area contributed by atoms with E-state index in [2.05, 4.69) is 30.5 Å². The fraction of sp³-hybridized carbons (Fsp3) is 0.333. The number of rotatable bonds is 7. The molecule has 0 atom stereocenters. The van der Waals surface area contributed by atoms with Crippen LogP contribution in [0.25, 0.3) is 5.70 Å². The molecule has 30 heavy (non-hydrogen) atoms. The van der Waals surface area contributed by atoms with Crippen molar-refractivity contribution in [3.8, 4) is 5.75 Å². The lowest BCUT2D eigenvalue weighted by atomic mass is 9.85. The second-order valence-corrected chi connectivity index (χ2v) is 8.43. The van der Waals surface area contributed by atoms with Crippen molar-refractivity contribution in [2.75, 3.05) is 18.3 Å². The largest absolute Gasteiger partial charge is 0.497 e. The summed E-state index contributed by atoms with van der Waals surface area (Å²) < 4.78 is 5.36. The first-order valence-corrected chi connectivity index (χ1v) is 10.5. The van der Waals surface area contributed by atoms with Crippen LogP contribution in [-0.4, -0.2) is 30.2 Å². The number of hydrogen-bond acceptors (Lipinski definition) is 4. The van der Waals surface area contributed by atoms with E-state index < -0.39 is 0 Å². The van der Waals surface area contributed by atoms with E-state index in [1.807, 2.05) is 12.1 Å². The Hall–Kier alpha value is -2.79. The second-order valence-electron chi connectivity index (χ2n) is 8.05. The monoisotopic (exact) mass is 426 g/mol. The molecule has 1 aliphatic rings. The molecular formula is C24H27ClN2O3. The molecular weight excluding hydrogens is 400 g/mol. The molecule has 158 valence electrons. The molecule has 2 N–H and O–H groups in total. The molecule has 0 saturated heterocycles. The van der Waals surface area contributed by atoms with Crippen LogP contribution in [0.15, 0.2) is 48.5 Å². The van der Waals surface area contributed by atoms with Gasteiger partial charge in [-0.25, -0.2) is 0 Å². The average molecular weight is 427 g/mol. The number of nitrogens with one attached hydrogen (secondary N) is 2. The van der Waals surface area contributed by atoms with E-state index in [1.165, 1.54) is 5.56 Å². The molecule has 2 aromatic carbocycles. The predicted molar refractivity (Wildman–Crippen MR) is 121 cm³/mol. The molecule has 3 rings (SSSR count). The van der Waals surface area contributed by atoms with Crippen molar-refractivity contribution in [1.82, 2.24) is 5.32 Å². The van der Waals surface area contributed by atoms with Gasteiger partial charge in [0.25, 0.3) is 0 Å². The maximum absolute atomic E-state index is 12.9. The van der Waals surface area contributed by atoms with E-state index in [4.69, 9.17) is 16.3 Å². The van der Waals surface area contributed by atoms with Crippen LogP contribution < -0.4 is 15.4 Å². The maximum Gasteiger partial charge on any atom is 0.224 e. The average Bonchev–Trinajstić information content (AvgIpc) is 2.71. The standard InChI is InChI=1S/C24H27ClN2O3/c1-24(2)15-17-8-11-19(30-3)13-20(17)21(27-24)14-22(28)16-6-9-18(10-7-16)26-23(29)5-4-12-25/h6-11,13-14,27H,4-5,12,15H2,1-3H3,(H,26,29). The zero-order valence-electron chi connectivity index (χ0n) is 17.5. The summed E-state index contributed by atoms with van der Waals surface area (Å²) in [6.45, 7) is 4.22. The Bertz CT molecular complexity index is 965. The molecule has 0 fully saturated rings. The first-order valence-electron chi connectivity index (χ1n) is 9.99. The summed E-state index contributed by atoms with van der Waals surface area (Å²) in [5, 5.41) is 6.29. The molecule has 0 spiro atoms. The third kappa shape index (κ3) is 5.42. The van der Waals surface area contributed by atoms with E-state index in [9.17, 15) is 9.59 Å². The molecule has 0 radical (unpaired) electrons. The van der Waals surface area contributed by atoms with E-state index in [-0.39, 0.29) is 17.2 Å². The van der Waals surface area contributed by atoms with E-state index >= 15 is 0 Å². The van der Waals surface area contributed by atoms with Gasteiger partial charge in [-0.05, 0) is 68.7 Å². The topological polar surface area (TPSA) is 67.4 Å². The van der Waals surface area contributed by atoms with E-state index in [1.54, 1.807) is 37.5 Å². The number of amides is 1. The summed E-state index contributed by atoms with van der Waals surface area (Å²) in [4.78, 5) is 24.7. The minimum absolute atomic E-state index is 0.0870. The number of methoxy groups -OCH3 is 1. The fourth-order valence-electron chi connectivity index (χ4n) is 3.54. The molecule has 0 unspecified atom stereocenters. The van der Waals surface area contributed by atoms with Gasteiger partial charge in [-0.1, -0.05) is 6.07 Å². The number of benzene rings is 2. The molecule has 0 bridgehead atoms. The highest BCUT2D eigenvalue weighted by Gasteiger charge is 2.28. The molecule has 1 aliphatic heterocycles. The highest BCUT2D eigenvalue weighted by molar-refractivity contribution is 6.18. The Morgan fingerprint density at radius 3 is 2.60 bits per heavy atom. The fourth-order valence-corrected chi connectivity index (χ4v) is 3.67. The number of fused-ring (bicyclic) bond motifs is 1. The third-order valence-corrected chi connectivity index (χ3v) is 5.25. The van der Waals surface area contributed by atoms with Gasteiger partial charge in [-0.2, -0.15) is 0 Å². The lowest BCUT2D eigenvalue weighted by Crippen LogP contribution is -2.43. The Morgan fingerprint density at radius 2 is 1.93 bits per heavy atom. The number of alkyl halides is 1. The minimum Gasteiger partial charge on any atom is -0.497 e. The number of halogens is 1. The highest BCUT2D eigenvalue weighted by atomic mass is 35.5. The van der Waals surface area contributed by atoms with Crippen LogP contribution in [-0.2, 0) is 11.2 Å². The van der Waals surface area contributed by atoms with Crippen molar-refractivity contribution >= 4 is 34.7 Å². The van der Waals surface area contributed by atoms with Gasteiger partial charge in [-0.15, -0.1) is 11.6 Å². The highest BCUT2D eigenvalue weighted by Crippen LogP contribution is 2.32. The van der Waals surface area contributed by atoms with Crippen LogP contribution >= 0.6 is 11.6 Å². The molecule has 6 heteroatoms. The zero-order valence-corrected chi connectivity index (χ0v) is 18.3. The smallest absolute Gasteiger partial charge is 0.224 e. The number of anilines is 1. The number of allylic oxidation sites excluding steroid dienone is 1. The summed E-state index contributed by atoms with van der Waals surface area (Å²) in [6, 6.07) is 12.9. The number of ketones is 1. The van der Waals surface area contributed by atoms with Crippen molar-refractivity contribution in [2.24, 2.45) is 0 Å². The Morgan fingerprint density at radius 1 is 1.20 bits per heavy atom. The predicted octanol–water partition coefficient (Wildman–Crippen LogP) is 4.80. The van der Waals surface area contributed by atoms with Crippen molar-refractivity contribution in [3.05, 3.63) is 65.2 Å². The lowest BCUT2D eigenvalue weighted by molar-refractivity contribution is -0.116. The van der Waals surface area contributed by atoms with Crippen LogP contribution in [0.2, 0.25) is 0 Å². The van der Waals surface area contributed by atoms with Crippen molar-refractivity contribution in [2.45, 2.75) is 38.6 Å². The molecule has 0 aliphatic carbocycles. The van der Waals surface area contributed by atoms with Gasteiger partial charge in [0, 0.05) is 46.4 Å². The van der Waals surface area contributed by atoms with E-state index in [0.717, 1.165) is 23.4 Å². The summed E-state index contributed by atoms with van der Waals surface area (Å²) in [5.74, 6) is 1.01. The molecule has 2 aromatic rings. The molecule has 0 aromatic heterocycles. The van der Waals surface area contributed by atoms with Crippen LogP contribution in [0.4, 0.5) is 5.69 Å². The summed E-state index contributed by atoms with van der Waals surface area (Å²) in [5.41, 5.74) is 3.98. The minimum atomic E-state index is -0.162. The molecule has 1 heterocycles. The van der Waals surface area contributed by atoms with Gasteiger partial charge in [-0.3, -0.25) is 9.59 Å². The Kier molecular flexibility index (Phi) is 6.83. The SMILES string of the molecule is COc1ccc2c(c1)C(=CC(=O)c1ccc(NC(=O)CCCCl)cc1)NC(C)(C)C2. The lowest BCUT2D eigenvalue weighted by Gasteiger charge is -2.35. The Balaban J connectivity index is 1.81. The number of carbonyl (C=O) groups excluding carboxylic acids is 2. The van der Waals surface area contributed by atoms with Gasteiger partial charge in [0.2, 0.25) is 5.91 Å². The van der Waals surface area contributed by atoms with Crippen LogP contribution in [0.5, 0.6) is 5.75 Å². The van der Waals surface area contributed by atoms with Gasteiger partial charge in [0.1, 0.15) is 5.75 Å². The zero-order chi connectivity index (χ0) is 21.7. The summed E-state index contributed by atoms with van der Waals surface area (Å²) >= 11 is 5.62. The normalized spacial score (nSPS) is 15.8. The third-order valence-electron chi connectivity index (χ3n) is 4.98. The quantitative estimate of drug-likeness (QED) is 0.379. The Labute approximate surface area is 182 Å². The first-order chi connectivity index (χ1) is 14.3. The molecule has 1 amide bonds. The molecule has 0 saturated carbocycles. The van der Waals surface area contributed by atoms with E-state index in [0.29, 0.717) is 30.0 Å². The summed E-state index contributed by atoms with van der Waals surface area (Å²) in [6.07, 6.45) is 3.50. The van der Waals surface area contributed by atoms with Crippen LogP contribution in [0.1, 0.15) is 48.2 Å². The van der Waals surface area contributed by atoms with Gasteiger partial charge in [0.05, 0.1) is 7.11 Å². The van der Waals surface area contributed by atoms with Gasteiger partial charge < -0.3 is 15.4 Å². The van der Waals surface area contributed by atoms with Crippen molar-refractivity contribution in [3.63, 3.8) is 0 Å². The maximum atomic E-state index is 12.9. The van der Waals surface area contributed by atoms with Crippen LogP contribution in [0, 0.1) is 0 Å².